The van der Waals surface area contributed by atoms with E-state index in [-0.39, 0.29) is 13.0 Å². The molecule has 3 heteroatoms. The zero-order chi connectivity index (χ0) is 11.5. The molecule has 0 aliphatic rings. The zero-order valence-electron chi connectivity index (χ0n) is 8.68. The normalized spacial score (nSPS) is 10.6. The summed E-state index contributed by atoms with van der Waals surface area (Å²) in [5, 5.41) is 19.9. The summed E-state index contributed by atoms with van der Waals surface area (Å²) in [5.74, 6) is -0.861. The lowest BCUT2D eigenvalue weighted by Crippen LogP contribution is -2.01. The van der Waals surface area contributed by atoms with E-state index in [2.05, 4.69) is 0 Å². The fourth-order valence-electron chi connectivity index (χ4n) is 1.94. The van der Waals surface area contributed by atoms with Gasteiger partial charge < -0.3 is 10.2 Å². The number of fused-ring (bicyclic) bond motifs is 1. The van der Waals surface area contributed by atoms with Crippen LogP contribution in [0.3, 0.4) is 0 Å². The summed E-state index contributed by atoms with van der Waals surface area (Å²) in [5.41, 5.74) is 1.52. The minimum Gasteiger partial charge on any atom is -0.481 e. The van der Waals surface area contributed by atoms with E-state index in [9.17, 15) is 9.90 Å². The van der Waals surface area contributed by atoms with Gasteiger partial charge in [-0.25, -0.2) is 0 Å². The molecule has 0 aliphatic carbocycles. The average molecular weight is 216 g/mol. The van der Waals surface area contributed by atoms with Gasteiger partial charge in [0.1, 0.15) is 0 Å². The molecule has 2 N–H and O–H groups in total. The van der Waals surface area contributed by atoms with Crippen LogP contribution in [0.4, 0.5) is 0 Å². The maximum atomic E-state index is 10.7. The molecule has 82 valence electrons. The quantitative estimate of drug-likeness (QED) is 0.824. The molecule has 2 aromatic carbocycles. The second-order valence-corrected chi connectivity index (χ2v) is 3.66. The molecule has 0 fully saturated rings. The van der Waals surface area contributed by atoms with Gasteiger partial charge in [-0.15, -0.1) is 0 Å². The topological polar surface area (TPSA) is 57.5 Å². The Labute approximate surface area is 93.0 Å². The number of hydrogen-bond donors (Lipinski definition) is 2. The van der Waals surface area contributed by atoms with Crippen LogP contribution in [-0.4, -0.2) is 16.2 Å². The van der Waals surface area contributed by atoms with Crippen molar-refractivity contribution in [1.29, 1.82) is 0 Å². The van der Waals surface area contributed by atoms with Crippen molar-refractivity contribution in [3.63, 3.8) is 0 Å². The van der Waals surface area contributed by atoms with Gasteiger partial charge in [0, 0.05) is 0 Å². The van der Waals surface area contributed by atoms with Crippen molar-refractivity contribution in [2.75, 3.05) is 0 Å². The first-order chi connectivity index (χ1) is 7.72. The molecule has 3 nitrogen and oxygen atoms in total. The van der Waals surface area contributed by atoms with Crippen LogP contribution in [0.25, 0.3) is 10.8 Å². The van der Waals surface area contributed by atoms with Crippen LogP contribution in [0.15, 0.2) is 36.4 Å². The lowest BCUT2D eigenvalue weighted by molar-refractivity contribution is -0.136. The Morgan fingerprint density at radius 2 is 1.69 bits per heavy atom. The van der Waals surface area contributed by atoms with E-state index in [4.69, 9.17) is 5.11 Å². The van der Waals surface area contributed by atoms with Crippen molar-refractivity contribution in [3.05, 3.63) is 47.5 Å². The number of hydrogen-bond acceptors (Lipinski definition) is 2. The highest BCUT2D eigenvalue weighted by molar-refractivity contribution is 5.91. The molecule has 0 spiro atoms. The zero-order valence-corrected chi connectivity index (χ0v) is 8.68. The SMILES string of the molecule is O=C(O)Cc1cccc2cccc(CO)c12. The number of aliphatic hydroxyl groups excluding tert-OH is 1. The second-order valence-electron chi connectivity index (χ2n) is 3.66. The van der Waals surface area contributed by atoms with Crippen LogP contribution in [0.2, 0.25) is 0 Å². The van der Waals surface area contributed by atoms with Crippen molar-refractivity contribution < 1.29 is 15.0 Å². The molecule has 0 aliphatic heterocycles. The van der Waals surface area contributed by atoms with E-state index in [0.717, 1.165) is 21.9 Å². The summed E-state index contributed by atoms with van der Waals surface area (Å²) in [6.07, 6.45) is -0.0195. The molecule has 0 radical (unpaired) electrons. The standard InChI is InChI=1S/C13H12O3/c14-8-11-6-2-4-9-3-1-5-10(13(9)11)7-12(15)16/h1-6,14H,7-8H2,(H,15,16). The molecule has 0 atom stereocenters. The van der Waals surface area contributed by atoms with Crippen molar-refractivity contribution in [1.82, 2.24) is 0 Å². The van der Waals surface area contributed by atoms with Gasteiger partial charge in [-0.05, 0) is 21.9 Å². The van der Waals surface area contributed by atoms with E-state index >= 15 is 0 Å². The van der Waals surface area contributed by atoms with Crippen molar-refractivity contribution in [3.8, 4) is 0 Å². The van der Waals surface area contributed by atoms with Crippen LogP contribution >= 0.6 is 0 Å². The molecule has 0 saturated carbocycles. The van der Waals surface area contributed by atoms with Crippen molar-refractivity contribution in [2.45, 2.75) is 13.0 Å². The molecule has 0 amide bonds. The predicted octanol–water partition coefficient (Wildman–Crippen LogP) is 1.96. The number of rotatable bonds is 3. The average Bonchev–Trinajstić information content (AvgIpc) is 2.28. The first kappa shape index (κ1) is 10.6. The fourth-order valence-corrected chi connectivity index (χ4v) is 1.94. The Hall–Kier alpha value is -1.87. The molecule has 2 aromatic rings. The van der Waals surface area contributed by atoms with Gasteiger partial charge >= 0.3 is 5.97 Å². The molecular weight excluding hydrogens is 204 g/mol. The Bertz CT molecular complexity index is 526. The summed E-state index contributed by atoms with van der Waals surface area (Å²) >= 11 is 0. The smallest absolute Gasteiger partial charge is 0.307 e. The van der Waals surface area contributed by atoms with E-state index < -0.39 is 5.97 Å². The second kappa shape index (κ2) is 4.33. The van der Waals surface area contributed by atoms with Crippen LogP contribution in [0, 0.1) is 0 Å². The highest BCUT2D eigenvalue weighted by atomic mass is 16.4. The lowest BCUT2D eigenvalue weighted by atomic mass is 9.98. The van der Waals surface area contributed by atoms with Crippen LogP contribution in [0.1, 0.15) is 11.1 Å². The predicted molar refractivity (Wildman–Crippen MR) is 61.2 cm³/mol. The number of carboxylic acids is 1. The summed E-state index contributed by atoms with van der Waals surface area (Å²) in [4.78, 5) is 10.7. The number of aliphatic hydroxyl groups is 1. The third-order valence-electron chi connectivity index (χ3n) is 2.59. The van der Waals surface area contributed by atoms with Crippen molar-refractivity contribution >= 4 is 16.7 Å². The van der Waals surface area contributed by atoms with Crippen LogP contribution in [-0.2, 0) is 17.8 Å². The lowest BCUT2D eigenvalue weighted by Gasteiger charge is -2.08. The molecular formula is C13H12O3. The summed E-state index contributed by atoms with van der Waals surface area (Å²) in [6, 6.07) is 11.1. The van der Waals surface area contributed by atoms with Gasteiger partial charge in [0.25, 0.3) is 0 Å². The molecule has 0 aromatic heterocycles. The van der Waals surface area contributed by atoms with Gasteiger partial charge in [0.2, 0.25) is 0 Å². The Morgan fingerprint density at radius 1 is 1.06 bits per heavy atom. The van der Waals surface area contributed by atoms with Crippen LogP contribution < -0.4 is 0 Å². The molecule has 0 unspecified atom stereocenters. The number of carbonyl (C=O) groups is 1. The monoisotopic (exact) mass is 216 g/mol. The third kappa shape index (κ3) is 1.90. The summed E-state index contributed by atoms with van der Waals surface area (Å²) in [6.45, 7) is -0.0754. The first-order valence-corrected chi connectivity index (χ1v) is 5.04. The van der Waals surface area contributed by atoms with Crippen LogP contribution in [0.5, 0.6) is 0 Å². The highest BCUT2D eigenvalue weighted by Gasteiger charge is 2.08. The molecule has 0 saturated heterocycles. The van der Waals surface area contributed by atoms with E-state index in [1.165, 1.54) is 0 Å². The van der Waals surface area contributed by atoms with Crippen molar-refractivity contribution in [2.24, 2.45) is 0 Å². The Morgan fingerprint density at radius 3 is 2.25 bits per heavy atom. The minimum absolute atomic E-state index is 0.0195. The summed E-state index contributed by atoms with van der Waals surface area (Å²) < 4.78 is 0. The number of aliphatic carboxylic acids is 1. The van der Waals surface area contributed by atoms with Gasteiger partial charge in [-0.3, -0.25) is 4.79 Å². The molecule has 0 bridgehead atoms. The first-order valence-electron chi connectivity index (χ1n) is 5.04. The highest BCUT2D eigenvalue weighted by Crippen LogP contribution is 2.23. The van der Waals surface area contributed by atoms with Gasteiger partial charge in [0.15, 0.2) is 0 Å². The third-order valence-corrected chi connectivity index (χ3v) is 2.59. The number of benzene rings is 2. The fraction of sp³-hybridized carbons (Fsp3) is 0.154. The molecule has 2 rings (SSSR count). The van der Waals surface area contributed by atoms with E-state index in [0.29, 0.717) is 0 Å². The van der Waals surface area contributed by atoms with Gasteiger partial charge in [-0.2, -0.15) is 0 Å². The summed E-state index contributed by atoms with van der Waals surface area (Å²) in [7, 11) is 0. The van der Waals surface area contributed by atoms with E-state index in [1.54, 1.807) is 6.07 Å². The minimum atomic E-state index is -0.861. The maximum absolute atomic E-state index is 10.7. The number of carboxylic acid groups (broad SMARTS) is 1. The largest absolute Gasteiger partial charge is 0.481 e. The Kier molecular flexibility index (Phi) is 2.88. The van der Waals surface area contributed by atoms with Gasteiger partial charge in [0.05, 0.1) is 13.0 Å². The molecule has 0 heterocycles. The van der Waals surface area contributed by atoms with Gasteiger partial charge in [-0.1, -0.05) is 36.4 Å². The maximum Gasteiger partial charge on any atom is 0.307 e. The Balaban J connectivity index is 2.68. The van der Waals surface area contributed by atoms with E-state index in [1.807, 2.05) is 30.3 Å². The molecule has 16 heavy (non-hydrogen) atoms.